The molecule has 2 aromatic heterocycles. The summed E-state index contributed by atoms with van der Waals surface area (Å²) >= 11 is 0. The zero-order chi connectivity index (χ0) is 20.5. The van der Waals surface area contributed by atoms with Crippen LogP contribution in [-0.2, 0) is 13.1 Å². The molecule has 0 atom stereocenters. The molecule has 0 saturated heterocycles. The Hall–Kier alpha value is -3.66. The van der Waals surface area contributed by atoms with Crippen LogP contribution in [0.1, 0.15) is 11.1 Å². The number of ether oxygens (including phenoxy) is 2. The highest BCUT2D eigenvalue weighted by Crippen LogP contribution is 2.24. The second kappa shape index (κ2) is 7.64. The van der Waals surface area contributed by atoms with Gasteiger partial charge < -0.3 is 18.6 Å². The number of hydrogen-bond acceptors (Lipinski definition) is 2. The summed E-state index contributed by atoms with van der Waals surface area (Å²) in [7, 11) is 3.40. The van der Waals surface area contributed by atoms with Crippen molar-refractivity contribution >= 4 is 21.8 Å². The van der Waals surface area contributed by atoms with Gasteiger partial charge in [0.15, 0.2) is 0 Å². The summed E-state index contributed by atoms with van der Waals surface area (Å²) in [5, 5.41) is 2.39. The van der Waals surface area contributed by atoms with Crippen molar-refractivity contribution < 1.29 is 9.47 Å². The summed E-state index contributed by atoms with van der Waals surface area (Å²) < 4.78 is 15.2. The maximum Gasteiger partial charge on any atom is 0.119 e. The van der Waals surface area contributed by atoms with Crippen LogP contribution in [0, 0.1) is 0 Å². The van der Waals surface area contributed by atoms with E-state index in [1.807, 2.05) is 12.1 Å². The minimum Gasteiger partial charge on any atom is -0.497 e. The number of rotatable bonds is 6. The van der Waals surface area contributed by atoms with E-state index in [0.717, 1.165) is 24.6 Å². The molecule has 0 aliphatic heterocycles. The Morgan fingerprint density at radius 1 is 0.567 bits per heavy atom. The quantitative estimate of drug-likeness (QED) is 0.368. The molecule has 2 heterocycles. The van der Waals surface area contributed by atoms with Gasteiger partial charge in [-0.2, -0.15) is 0 Å². The van der Waals surface area contributed by atoms with Gasteiger partial charge in [0, 0.05) is 47.3 Å². The van der Waals surface area contributed by atoms with Crippen molar-refractivity contribution in [2.45, 2.75) is 13.1 Å². The van der Waals surface area contributed by atoms with Gasteiger partial charge in [-0.25, -0.2) is 0 Å². The van der Waals surface area contributed by atoms with Gasteiger partial charge in [0.2, 0.25) is 0 Å². The van der Waals surface area contributed by atoms with E-state index < -0.39 is 0 Å². The second-order valence-electron chi connectivity index (χ2n) is 7.55. The first-order valence-corrected chi connectivity index (χ1v) is 10.1. The van der Waals surface area contributed by atoms with Gasteiger partial charge in [0.05, 0.1) is 14.2 Å². The number of nitrogens with zero attached hydrogens (tertiary/aromatic N) is 2. The van der Waals surface area contributed by atoms with E-state index in [-0.39, 0.29) is 0 Å². The monoisotopic (exact) mass is 396 g/mol. The van der Waals surface area contributed by atoms with Gasteiger partial charge in [-0.05, 0) is 59.7 Å². The minimum atomic E-state index is 0.850. The van der Waals surface area contributed by atoms with Gasteiger partial charge in [0.1, 0.15) is 11.5 Å². The molecule has 150 valence electrons. The minimum absolute atomic E-state index is 0.850. The van der Waals surface area contributed by atoms with Crippen LogP contribution in [0.2, 0.25) is 0 Å². The van der Waals surface area contributed by atoms with Crippen LogP contribution in [0.4, 0.5) is 0 Å². The molecule has 0 saturated carbocycles. The lowest BCUT2D eigenvalue weighted by Crippen LogP contribution is -2.00. The number of fused-ring (bicyclic) bond motifs is 2. The molecular weight excluding hydrogens is 372 g/mol. The third kappa shape index (κ3) is 3.41. The zero-order valence-corrected chi connectivity index (χ0v) is 17.2. The van der Waals surface area contributed by atoms with Crippen molar-refractivity contribution in [2.75, 3.05) is 14.2 Å². The first-order valence-electron chi connectivity index (χ1n) is 10.1. The van der Waals surface area contributed by atoms with E-state index >= 15 is 0 Å². The Labute approximate surface area is 175 Å². The first kappa shape index (κ1) is 18.4. The lowest BCUT2D eigenvalue weighted by Gasteiger charge is -2.09. The second-order valence-corrected chi connectivity index (χ2v) is 7.55. The fourth-order valence-corrected chi connectivity index (χ4v) is 4.03. The molecule has 0 aliphatic rings. The fourth-order valence-electron chi connectivity index (χ4n) is 4.03. The molecule has 5 rings (SSSR count). The molecule has 5 aromatic rings. The van der Waals surface area contributed by atoms with Crippen molar-refractivity contribution in [1.82, 2.24) is 9.13 Å². The molecular formula is C26H24N2O2. The molecule has 0 fully saturated rings. The van der Waals surface area contributed by atoms with E-state index in [1.54, 1.807) is 14.2 Å². The van der Waals surface area contributed by atoms with Crippen LogP contribution in [0.3, 0.4) is 0 Å². The third-order valence-corrected chi connectivity index (χ3v) is 5.69. The maximum atomic E-state index is 5.33. The number of benzene rings is 3. The lowest BCUT2D eigenvalue weighted by atomic mass is 10.1. The Balaban J connectivity index is 1.34. The van der Waals surface area contributed by atoms with E-state index in [1.165, 1.54) is 32.9 Å². The van der Waals surface area contributed by atoms with Crippen molar-refractivity contribution in [3.63, 3.8) is 0 Å². The summed E-state index contributed by atoms with van der Waals surface area (Å²) in [6.45, 7) is 1.70. The molecule has 0 amide bonds. The Bertz CT molecular complexity index is 1210. The standard InChI is InChI=1S/C26H24N2O2/c1-29-23-7-9-25-21(15-23)11-13-27(25)17-19-3-5-20(6-4-19)18-28-14-12-22-16-24(30-2)8-10-26(22)28/h3-16H,17-18H2,1-2H3. The molecule has 3 aromatic carbocycles. The summed E-state index contributed by atoms with van der Waals surface area (Å²) in [4.78, 5) is 0. The van der Waals surface area contributed by atoms with Gasteiger partial charge in [-0.15, -0.1) is 0 Å². The van der Waals surface area contributed by atoms with Gasteiger partial charge >= 0.3 is 0 Å². The summed E-state index contributed by atoms with van der Waals surface area (Å²) in [5.41, 5.74) is 5.01. The van der Waals surface area contributed by atoms with Crippen molar-refractivity contribution in [1.29, 1.82) is 0 Å². The zero-order valence-electron chi connectivity index (χ0n) is 17.2. The number of hydrogen-bond donors (Lipinski definition) is 0. The van der Waals surface area contributed by atoms with Gasteiger partial charge in [-0.1, -0.05) is 24.3 Å². The van der Waals surface area contributed by atoms with E-state index in [0.29, 0.717) is 0 Å². The predicted molar refractivity (Wildman–Crippen MR) is 122 cm³/mol. The summed E-state index contributed by atoms with van der Waals surface area (Å²) in [6, 6.07) is 25.6. The van der Waals surface area contributed by atoms with Crippen molar-refractivity contribution in [3.05, 3.63) is 96.3 Å². The normalized spacial score (nSPS) is 11.3. The SMILES string of the molecule is COc1ccc2c(ccn2Cc2ccc(Cn3ccc4cc(OC)ccc43)cc2)c1. The Morgan fingerprint density at radius 2 is 1.00 bits per heavy atom. The lowest BCUT2D eigenvalue weighted by molar-refractivity contribution is 0.415. The van der Waals surface area contributed by atoms with Crippen LogP contribution in [-0.4, -0.2) is 23.4 Å². The predicted octanol–water partition coefficient (Wildman–Crippen LogP) is 5.71. The van der Waals surface area contributed by atoms with Crippen molar-refractivity contribution in [2.24, 2.45) is 0 Å². The average Bonchev–Trinajstić information content (AvgIpc) is 3.38. The highest BCUT2D eigenvalue weighted by atomic mass is 16.5. The topological polar surface area (TPSA) is 28.3 Å². The molecule has 4 heteroatoms. The van der Waals surface area contributed by atoms with Crippen molar-refractivity contribution in [3.8, 4) is 11.5 Å². The highest BCUT2D eigenvalue weighted by molar-refractivity contribution is 5.82. The van der Waals surface area contributed by atoms with Crippen LogP contribution in [0.5, 0.6) is 11.5 Å². The van der Waals surface area contributed by atoms with Crippen LogP contribution in [0.15, 0.2) is 85.2 Å². The Morgan fingerprint density at radius 3 is 1.40 bits per heavy atom. The summed E-state index contributed by atoms with van der Waals surface area (Å²) in [5.74, 6) is 1.78. The van der Waals surface area contributed by atoms with E-state index in [9.17, 15) is 0 Å². The number of methoxy groups -OCH3 is 2. The van der Waals surface area contributed by atoms with Crippen LogP contribution >= 0.6 is 0 Å². The van der Waals surface area contributed by atoms with E-state index in [2.05, 4.69) is 82.2 Å². The molecule has 0 aliphatic carbocycles. The largest absolute Gasteiger partial charge is 0.497 e. The molecule has 0 radical (unpaired) electrons. The average molecular weight is 396 g/mol. The summed E-state index contributed by atoms with van der Waals surface area (Å²) in [6.07, 6.45) is 4.27. The van der Waals surface area contributed by atoms with Gasteiger partial charge in [-0.3, -0.25) is 0 Å². The van der Waals surface area contributed by atoms with E-state index in [4.69, 9.17) is 9.47 Å². The van der Waals surface area contributed by atoms with Crippen LogP contribution < -0.4 is 9.47 Å². The fraction of sp³-hybridized carbons (Fsp3) is 0.154. The molecule has 0 N–H and O–H groups in total. The molecule has 4 nitrogen and oxygen atoms in total. The van der Waals surface area contributed by atoms with Gasteiger partial charge in [0.25, 0.3) is 0 Å². The molecule has 0 spiro atoms. The smallest absolute Gasteiger partial charge is 0.119 e. The number of aromatic nitrogens is 2. The van der Waals surface area contributed by atoms with Crippen LogP contribution in [0.25, 0.3) is 21.8 Å². The Kier molecular flexibility index (Phi) is 4.68. The third-order valence-electron chi connectivity index (χ3n) is 5.69. The first-order chi connectivity index (χ1) is 14.7. The molecule has 30 heavy (non-hydrogen) atoms. The molecule has 0 unspecified atom stereocenters. The maximum absolute atomic E-state index is 5.33. The molecule has 0 bridgehead atoms. The highest BCUT2D eigenvalue weighted by Gasteiger charge is 2.06.